The van der Waals surface area contributed by atoms with Gasteiger partial charge in [-0.2, -0.15) is 0 Å². The smallest absolute Gasteiger partial charge is 0.495 e. The zero-order valence-electron chi connectivity index (χ0n) is 26.1. The number of hydrogen-bond donors (Lipinski definition) is 0. The SMILES string of the molecule is COC1=C(c2c(Cl)cc(B3OC(C)(C)C(C)(C)O3)cc2OC)C(=O)CC1.COC1=C(c2c(Cl)cc(Br)cc2OC)C(=O)CC1. The van der Waals surface area contributed by atoms with Crippen molar-refractivity contribution in [2.24, 2.45) is 0 Å². The van der Waals surface area contributed by atoms with Crippen molar-refractivity contribution < 1.29 is 37.8 Å². The number of benzene rings is 2. The molecule has 0 unspecified atom stereocenters. The summed E-state index contributed by atoms with van der Waals surface area (Å²) in [5.74, 6) is 2.41. The van der Waals surface area contributed by atoms with E-state index < -0.39 is 18.3 Å². The summed E-state index contributed by atoms with van der Waals surface area (Å²) in [6, 6.07) is 7.11. The van der Waals surface area contributed by atoms with Crippen LogP contribution in [0.2, 0.25) is 10.0 Å². The molecule has 3 aliphatic rings. The average Bonchev–Trinajstić information content (AvgIpc) is 3.59. The van der Waals surface area contributed by atoms with Crippen molar-refractivity contribution in [1.82, 2.24) is 0 Å². The summed E-state index contributed by atoms with van der Waals surface area (Å²) in [4.78, 5) is 24.4. The second-order valence-electron chi connectivity index (χ2n) is 11.5. The van der Waals surface area contributed by atoms with Crippen molar-refractivity contribution in [3.05, 3.63) is 61.4 Å². The van der Waals surface area contributed by atoms with Gasteiger partial charge in [-0.1, -0.05) is 39.1 Å². The minimum absolute atomic E-state index is 0.00503. The highest BCUT2D eigenvalue weighted by molar-refractivity contribution is 9.10. The number of methoxy groups -OCH3 is 4. The van der Waals surface area contributed by atoms with E-state index in [2.05, 4.69) is 15.9 Å². The maximum absolute atomic E-state index is 12.4. The molecule has 0 bridgehead atoms. The van der Waals surface area contributed by atoms with Gasteiger partial charge in [0.2, 0.25) is 0 Å². The first-order valence-electron chi connectivity index (χ1n) is 14.1. The van der Waals surface area contributed by atoms with Gasteiger partial charge in [0.25, 0.3) is 0 Å². The summed E-state index contributed by atoms with van der Waals surface area (Å²) in [6.07, 6.45) is 2.05. The fraction of sp³-hybridized carbons (Fsp3) is 0.438. The van der Waals surface area contributed by atoms with Crippen molar-refractivity contribution in [2.45, 2.75) is 64.6 Å². The molecule has 2 aliphatic carbocycles. The number of halogens is 3. The van der Waals surface area contributed by atoms with Crippen LogP contribution in [0.1, 0.15) is 64.5 Å². The van der Waals surface area contributed by atoms with Crippen LogP contribution in [0, 0.1) is 0 Å². The normalized spacial score (nSPS) is 18.9. The average molecular weight is 710 g/mol. The van der Waals surface area contributed by atoms with Crippen LogP contribution < -0.4 is 14.9 Å². The molecule has 1 saturated heterocycles. The number of carbonyl (C=O) groups is 2. The Bertz CT molecular complexity index is 1530. The number of hydrogen-bond acceptors (Lipinski definition) is 8. The van der Waals surface area contributed by atoms with E-state index in [4.69, 9.17) is 51.5 Å². The summed E-state index contributed by atoms with van der Waals surface area (Å²) in [5.41, 5.74) is 2.04. The maximum atomic E-state index is 12.4. The number of ketones is 2. The molecule has 44 heavy (non-hydrogen) atoms. The van der Waals surface area contributed by atoms with E-state index >= 15 is 0 Å². The molecular weight excluding hydrogens is 674 g/mol. The lowest BCUT2D eigenvalue weighted by Crippen LogP contribution is -2.41. The van der Waals surface area contributed by atoms with Crippen molar-refractivity contribution in [1.29, 1.82) is 0 Å². The predicted molar refractivity (Wildman–Crippen MR) is 176 cm³/mol. The largest absolute Gasteiger partial charge is 0.500 e. The number of ether oxygens (including phenoxy) is 4. The third kappa shape index (κ3) is 6.56. The molecule has 0 spiro atoms. The van der Waals surface area contributed by atoms with E-state index in [1.165, 1.54) is 0 Å². The molecule has 0 N–H and O–H groups in total. The lowest BCUT2D eigenvalue weighted by molar-refractivity contribution is -0.114. The van der Waals surface area contributed by atoms with Crippen LogP contribution in [0.4, 0.5) is 0 Å². The summed E-state index contributed by atoms with van der Waals surface area (Å²) in [6.45, 7) is 7.97. The zero-order chi connectivity index (χ0) is 32.6. The first kappa shape index (κ1) is 34.4. The maximum Gasteiger partial charge on any atom is 0.495 e. The first-order chi connectivity index (χ1) is 20.7. The van der Waals surface area contributed by atoms with Crippen LogP contribution in [0.25, 0.3) is 11.1 Å². The molecule has 236 valence electrons. The summed E-state index contributed by atoms with van der Waals surface area (Å²) in [7, 11) is 5.67. The third-order valence-electron chi connectivity index (χ3n) is 8.33. The Morgan fingerprint density at radius 3 is 1.55 bits per heavy atom. The summed E-state index contributed by atoms with van der Waals surface area (Å²) in [5, 5.41) is 0.884. The fourth-order valence-corrected chi connectivity index (χ4v) is 6.49. The van der Waals surface area contributed by atoms with Gasteiger partial charge in [-0.15, -0.1) is 0 Å². The second-order valence-corrected chi connectivity index (χ2v) is 13.2. The van der Waals surface area contributed by atoms with E-state index in [1.54, 1.807) is 46.6 Å². The monoisotopic (exact) mass is 708 g/mol. The Hall–Kier alpha value is -2.50. The Balaban J connectivity index is 0.000000215. The quantitative estimate of drug-likeness (QED) is 0.279. The first-order valence-corrected chi connectivity index (χ1v) is 15.6. The fourth-order valence-electron chi connectivity index (χ4n) is 5.30. The molecule has 5 rings (SSSR count). The molecule has 2 aromatic carbocycles. The molecule has 8 nitrogen and oxygen atoms in total. The number of rotatable bonds is 7. The topological polar surface area (TPSA) is 89.5 Å². The Labute approximate surface area is 277 Å². The van der Waals surface area contributed by atoms with Gasteiger partial charge >= 0.3 is 7.12 Å². The van der Waals surface area contributed by atoms with Gasteiger partial charge in [0.05, 0.1) is 60.8 Å². The zero-order valence-corrected chi connectivity index (χ0v) is 29.2. The van der Waals surface area contributed by atoms with Crippen molar-refractivity contribution in [3.63, 3.8) is 0 Å². The highest BCUT2D eigenvalue weighted by Crippen LogP contribution is 2.43. The number of Topliss-reactive ketones (excluding diaryl/α,β-unsaturated/α-hetero) is 2. The lowest BCUT2D eigenvalue weighted by atomic mass is 9.78. The van der Waals surface area contributed by atoms with Crippen molar-refractivity contribution in [3.8, 4) is 11.5 Å². The lowest BCUT2D eigenvalue weighted by Gasteiger charge is -2.32. The van der Waals surface area contributed by atoms with Crippen LogP contribution in [0.5, 0.6) is 11.5 Å². The number of allylic oxidation sites excluding steroid dienone is 4. The Morgan fingerprint density at radius 1 is 0.682 bits per heavy atom. The molecule has 0 saturated carbocycles. The van der Waals surface area contributed by atoms with E-state index in [0.29, 0.717) is 81.0 Å². The van der Waals surface area contributed by atoms with E-state index in [1.807, 2.05) is 33.8 Å². The molecular formula is C32H36BBrCl2O8. The summed E-state index contributed by atoms with van der Waals surface area (Å²) >= 11 is 16.1. The van der Waals surface area contributed by atoms with Crippen LogP contribution in [-0.4, -0.2) is 58.3 Å². The van der Waals surface area contributed by atoms with Gasteiger partial charge in [0.15, 0.2) is 11.6 Å². The molecule has 0 amide bonds. The predicted octanol–water partition coefficient (Wildman–Crippen LogP) is 7.20. The van der Waals surface area contributed by atoms with Crippen LogP contribution in [0.3, 0.4) is 0 Å². The Morgan fingerprint density at radius 2 is 1.11 bits per heavy atom. The molecule has 0 atom stereocenters. The van der Waals surface area contributed by atoms with Crippen LogP contribution in [-0.2, 0) is 28.4 Å². The minimum atomic E-state index is -0.560. The van der Waals surface area contributed by atoms with E-state index in [-0.39, 0.29) is 11.6 Å². The highest BCUT2D eigenvalue weighted by Gasteiger charge is 2.52. The standard InChI is InChI=1S/C19H24BClO5.C13H12BrClO3/c1-18(2)19(3,4)26-20(25-18)11-9-12(21)16(15(10-11)24-6)17-13(22)7-8-14(17)23-5;1-17-10-4-3-9(16)13(10)12-8(15)5-7(14)6-11(12)18-2/h9-10H,7-8H2,1-6H3;5-6H,3-4H2,1-2H3. The number of carbonyl (C=O) groups excluding carboxylic acids is 2. The van der Waals surface area contributed by atoms with Crippen molar-refractivity contribution in [2.75, 3.05) is 28.4 Å². The van der Waals surface area contributed by atoms with E-state index in [9.17, 15) is 9.59 Å². The van der Waals surface area contributed by atoms with Crippen LogP contribution in [0.15, 0.2) is 40.3 Å². The molecule has 1 fully saturated rings. The van der Waals surface area contributed by atoms with Crippen LogP contribution >= 0.6 is 39.1 Å². The molecule has 2 aromatic rings. The minimum Gasteiger partial charge on any atom is -0.500 e. The molecule has 1 aliphatic heterocycles. The molecule has 12 heteroatoms. The molecule has 1 heterocycles. The van der Waals surface area contributed by atoms with Gasteiger partial charge in [0, 0.05) is 41.3 Å². The van der Waals surface area contributed by atoms with Gasteiger partial charge in [-0.3, -0.25) is 9.59 Å². The Kier molecular flexibility index (Phi) is 10.5. The van der Waals surface area contributed by atoms with E-state index in [0.717, 1.165) is 9.94 Å². The third-order valence-corrected chi connectivity index (χ3v) is 9.38. The van der Waals surface area contributed by atoms with Gasteiger partial charge < -0.3 is 28.3 Å². The summed E-state index contributed by atoms with van der Waals surface area (Å²) < 4.78 is 34.5. The van der Waals surface area contributed by atoms with Crippen molar-refractivity contribution >= 4 is 74.4 Å². The molecule has 0 aromatic heterocycles. The van der Waals surface area contributed by atoms with Gasteiger partial charge in [-0.05, 0) is 57.4 Å². The van der Waals surface area contributed by atoms with Gasteiger partial charge in [0.1, 0.15) is 23.0 Å². The highest BCUT2D eigenvalue weighted by atomic mass is 79.9. The van der Waals surface area contributed by atoms with Gasteiger partial charge in [-0.25, -0.2) is 0 Å². The second kappa shape index (κ2) is 13.5. The molecule has 0 radical (unpaired) electrons.